The van der Waals surface area contributed by atoms with Crippen LogP contribution in [0.1, 0.15) is 32.0 Å². The first-order valence-electron chi connectivity index (χ1n) is 9.85. The Balaban J connectivity index is 1.71. The molecule has 0 saturated carbocycles. The topological polar surface area (TPSA) is 90.4 Å². The lowest BCUT2D eigenvalue weighted by Crippen LogP contribution is -2.51. The number of rotatable bonds is 8. The lowest BCUT2D eigenvalue weighted by molar-refractivity contribution is -0.138. The number of primary amides is 1. The highest BCUT2D eigenvalue weighted by Crippen LogP contribution is 2.35. The molecule has 2 N–H and O–H groups in total. The zero-order valence-corrected chi connectivity index (χ0v) is 17.4. The number of imidazole rings is 1. The Bertz CT molecular complexity index is 869. The summed E-state index contributed by atoms with van der Waals surface area (Å²) in [5, 5.41) is 0.582. The minimum Gasteiger partial charge on any atom is -0.493 e. The SMILES string of the molecule is CCc1nccn1CC(=O)N1CCC[C@@](COc2cccc(Cl)c2)(CC(N)=O)C1. The summed E-state index contributed by atoms with van der Waals surface area (Å²) in [4.78, 5) is 30.8. The van der Waals surface area contributed by atoms with E-state index in [2.05, 4.69) is 4.98 Å². The Labute approximate surface area is 175 Å². The van der Waals surface area contributed by atoms with Crippen molar-refractivity contribution in [2.45, 2.75) is 39.2 Å². The number of carbonyl (C=O) groups excluding carboxylic acids is 2. The molecular formula is C21H27ClN4O3. The van der Waals surface area contributed by atoms with Gasteiger partial charge in [-0.05, 0) is 31.0 Å². The van der Waals surface area contributed by atoms with Crippen molar-refractivity contribution in [1.82, 2.24) is 14.5 Å². The van der Waals surface area contributed by atoms with Gasteiger partial charge in [0.1, 0.15) is 18.1 Å². The van der Waals surface area contributed by atoms with E-state index in [1.54, 1.807) is 18.3 Å². The highest BCUT2D eigenvalue weighted by atomic mass is 35.5. The molecule has 1 aliphatic rings. The summed E-state index contributed by atoms with van der Waals surface area (Å²) in [5.41, 5.74) is 5.03. The first-order valence-corrected chi connectivity index (χ1v) is 10.2. The van der Waals surface area contributed by atoms with E-state index in [-0.39, 0.29) is 18.9 Å². The van der Waals surface area contributed by atoms with Gasteiger partial charge in [-0.15, -0.1) is 0 Å². The minimum atomic E-state index is -0.509. The second-order valence-electron chi connectivity index (χ2n) is 7.63. The predicted octanol–water partition coefficient (Wildman–Crippen LogP) is 2.66. The van der Waals surface area contributed by atoms with Crippen molar-refractivity contribution in [1.29, 1.82) is 0 Å². The third-order valence-corrected chi connectivity index (χ3v) is 5.56. The monoisotopic (exact) mass is 418 g/mol. The number of benzene rings is 1. The molecule has 1 aliphatic heterocycles. The Kier molecular flexibility index (Phi) is 6.79. The quantitative estimate of drug-likeness (QED) is 0.713. The number of aryl methyl sites for hydroxylation is 1. The standard InChI is InChI=1S/C21H27ClN4O3/c1-2-19-24-8-10-25(19)13-20(28)26-9-4-7-21(14-26,12-18(23)27)15-29-17-6-3-5-16(22)11-17/h3,5-6,8,10-11H,2,4,7,9,12-15H2,1H3,(H2,23,27)/t21-/m1/s1. The third kappa shape index (κ3) is 5.50. The smallest absolute Gasteiger partial charge is 0.242 e. The molecule has 1 atom stereocenters. The molecule has 2 aromatic rings. The molecule has 1 aromatic carbocycles. The van der Waals surface area contributed by atoms with Crippen LogP contribution in [0.4, 0.5) is 0 Å². The Morgan fingerprint density at radius 3 is 2.93 bits per heavy atom. The third-order valence-electron chi connectivity index (χ3n) is 5.33. The molecule has 0 spiro atoms. The normalized spacial score (nSPS) is 19.2. The molecule has 2 amide bonds. The van der Waals surface area contributed by atoms with E-state index < -0.39 is 11.3 Å². The number of nitrogens with zero attached hydrogens (tertiary/aromatic N) is 3. The zero-order chi connectivity index (χ0) is 20.9. The van der Waals surface area contributed by atoms with Crippen LogP contribution >= 0.6 is 11.6 Å². The molecule has 1 aromatic heterocycles. The van der Waals surface area contributed by atoms with E-state index in [9.17, 15) is 9.59 Å². The lowest BCUT2D eigenvalue weighted by atomic mass is 9.77. The van der Waals surface area contributed by atoms with Gasteiger partial charge < -0.3 is 19.9 Å². The van der Waals surface area contributed by atoms with Crippen molar-refractivity contribution in [3.05, 3.63) is 47.5 Å². The fourth-order valence-corrected chi connectivity index (χ4v) is 4.12. The molecule has 0 unspecified atom stereocenters. The van der Waals surface area contributed by atoms with Crippen molar-refractivity contribution in [2.75, 3.05) is 19.7 Å². The van der Waals surface area contributed by atoms with Gasteiger partial charge >= 0.3 is 0 Å². The van der Waals surface area contributed by atoms with Crippen molar-refractivity contribution in [3.8, 4) is 5.75 Å². The lowest BCUT2D eigenvalue weighted by Gasteiger charge is -2.42. The average Bonchev–Trinajstić information content (AvgIpc) is 3.13. The van der Waals surface area contributed by atoms with Crippen LogP contribution < -0.4 is 10.5 Å². The van der Waals surface area contributed by atoms with Crippen LogP contribution in [0, 0.1) is 5.41 Å². The van der Waals surface area contributed by atoms with E-state index in [0.717, 1.165) is 25.1 Å². The van der Waals surface area contributed by atoms with E-state index in [4.69, 9.17) is 22.1 Å². The van der Waals surface area contributed by atoms with Gasteiger partial charge in [-0.2, -0.15) is 0 Å². The number of carbonyl (C=O) groups is 2. The number of hydrogen-bond acceptors (Lipinski definition) is 4. The summed E-state index contributed by atoms with van der Waals surface area (Å²) >= 11 is 6.03. The van der Waals surface area contributed by atoms with Gasteiger partial charge in [-0.25, -0.2) is 4.98 Å². The van der Waals surface area contributed by atoms with Crippen LogP contribution in [0.15, 0.2) is 36.7 Å². The summed E-state index contributed by atoms with van der Waals surface area (Å²) in [6, 6.07) is 7.14. The van der Waals surface area contributed by atoms with Crippen LogP contribution in [0.25, 0.3) is 0 Å². The molecule has 0 aliphatic carbocycles. The van der Waals surface area contributed by atoms with Gasteiger partial charge in [-0.1, -0.05) is 24.6 Å². The van der Waals surface area contributed by atoms with Gasteiger partial charge in [0.05, 0.1) is 6.61 Å². The van der Waals surface area contributed by atoms with Gasteiger partial charge in [0.2, 0.25) is 11.8 Å². The Morgan fingerprint density at radius 1 is 1.38 bits per heavy atom. The Morgan fingerprint density at radius 2 is 2.21 bits per heavy atom. The minimum absolute atomic E-state index is 0.00833. The summed E-state index contributed by atoms with van der Waals surface area (Å²) in [7, 11) is 0. The number of hydrogen-bond donors (Lipinski definition) is 1. The summed E-state index contributed by atoms with van der Waals surface area (Å²) in [5.74, 6) is 1.13. The fraction of sp³-hybridized carbons (Fsp3) is 0.476. The van der Waals surface area contributed by atoms with E-state index >= 15 is 0 Å². The molecule has 1 fully saturated rings. The van der Waals surface area contributed by atoms with Gasteiger partial charge in [0.25, 0.3) is 0 Å². The second kappa shape index (κ2) is 9.31. The number of ether oxygens (including phenoxy) is 1. The van der Waals surface area contributed by atoms with Gasteiger partial charge in [-0.3, -0.25) is 9.59 Å². The Hall–Kier alpha value is -2.54. The van der Waals surface area contributed by atoms with E-state index in [1.165, 1.54) is 0 Å². The van der Waals surface area contributed by atoms with Crippen LogP contribution in [0.2, 0.25) is 5.02 Å². The first kappa shape index (κ1) is 21.2. The number of likely N-dealkylation sites (tertiary alicyclic amines) is 1. The molecule has 3 rings (SSSR count). The van der Waals surface area contributed by atoms with Crippen molar-refractivity contribution in [2.24, 2.45) is 11.1 Å². The molecule has 7 nitrogen and oxygen atoms in total. The number of halogens is 1. The maximum absolute atomic E-state index is 12.9. The number of piperidine rings is 1. The number of amides is 2. The molecule has 1 saturated heterocycles. The molecular weight excluding hydrogens is 392 g/mol. The molecule has 29 heavy (non-hydrogen) atoms. The molecule has 156 valence electrons. The van der Waals surface area contributed by atoms with Crippen molar-refractivity contribution < 1.29 is 14.3 Å². The van der Waals surface area contributed by atoms with Crippen LogP contribution in [-0.4, -0.2) is 46.0 Å². The molecule has 8 heteroatoms. The highest BCUT2D eigenvalue weighted by Gasteiger charge is 2.39. The summed E-state index contributed by atoms with van der Waals surface area (Å²) in [6.45, 7) is 3.64. The summed E-state index contributed by atoms with van der Waals surface area (Å²) < 4.78 is 7.83. The van der Waals surface area contributed by atoms with Crippen LogP contribution in [0.5, 0.6) is 5.75 Å². The maximum atomic E-state index is 12.9. The van der Waals surface area contributed by atoms with Gasteiger partial charge in [0, 0.05) is 48.8 Å². The zero-order valence-electron chi connectivity index (χ0n) is 16.6. The van der Waals surface area contributed by atoms with Crippen LogP contribution in [-0.2, 0) is 22.6 Å². The number of aromatic nitrogens is 2. The largest absolute Gasteiger partial charge is 0.493 e. The summed E-state index contributed by atoms with van der Waals surface area (Å²) in [6.07, 6.45) is 6.02. The van der Waals surface area contributed by atoms with E-state index in [0.29, 0.717) is 30.5 Å². The van der Waals surface area contributed by atoms with Crippen molar-refractivity contribution >= 4 is 23.4 Å². The second-order valence-corrected chi connectivity index (χ2v) is 8.07. The highest BCUT2D eigenvalue weighted by molar-refractivity contribution is 6.30. The van der Waals surface area contributed by atoms with Crippen molar-refractivity contribution in [3.63, 3.8) is 0 Å². The molecule has 0 bridgehead atoms. The predicted molar refractivity (Wildman–Crippen MR) is 111 cm³/mol. The molecule has 2 heterocycles. The maximum Gasteiger partial charge on any atom is 0.242 e. The fourth-order valence-electron chi connectivity index (χ4n) is 3.94. The number of nitrogens with two attached hydrogens (primary N) is 1. The average molecular weight is 419 g/mol. The first-order chi connectivity index (χ1) is 13.9. The van der Waals surface area contributed by atoms with E-state index in [1.807, 2.05) is 34.7 Å². The van der Waals surface area contributed by atoms with Crippen LogP contribution in [0.3, 0.4) is 0 Å². The molecule has 0 radical (unpaired) electrons. The van der Waals surface area contributed by atoms with Gasteiger partial charge in [0.15, 0.2) is 0 Å².